The number of rotatable bonds is 2. The Bertz CT molecular complexity index is 507. The summed E-state index contributed by atoms with van der Waals surface area (Å²) in [5.41, 5.74) is 8.72. The Balaban J connectivity index is 3.32. The predicted molar refractivity (Wildman–Crippen MR) is 48.6 cm³/mol. The van der Waals surface area contributed by atoms with E-state index in [2.05, 4.69) is 9.72 Å². The fraction of sp³-hybridized carbons (Fsp3) is 0.125. The number of carbonyl (C=O) groups excluding carboxylic acids is 1. The summed E-state index contributed by atoms with van der Waals surface area (Å²) in [7, 11) is 0. The quantitative estimate of drug-likeness (QED) is 0.789. The highest BCUT2D eigenvalue weighted by atomic mass is 19.4. The van der Waals surface area contributed by atoms with Crippen molar-refractivity contribution in [2.24, 2.45) is 5.73 Å². The number of amides is 1. The van der Waals surface area contributed by atoms with Gasteiger partial charge in [-0.05, 0) is 0 Å². The number of ether oxygens (including phenoxy) is 1. The molecule has 0 saturated heterocycles. The highest BCUT2D eigenvalue weighted by Crippen LogP contribution is 2.25. The molecule has 0 saturated carbocycles. The molecule has 4 N–H and O–H groups in total. The van der Waals surface area contributed by atoms with E-state index in [1.165, 1.54) is 6.07 Å². The Morgan fingerprint density at radius 1 is 1.53 bits per heavy atom. The Morgan fingerprint density at radius 3 is 2.53 bits per heavy atom. The third-order valence-electron chi connectivity index (χ3n) is 1.61. The van der Waals surface area contributed by atoms with Gasteiger partial charge in [-0.3, -0.25) is 4.79 Å². The number of hydrogen-bond acceptors (Lipinski definition) is 5. The van der Waals surface area contributed by atoms with E-state index in [4.69, 9.17) is 16.7 Å². The molecule has 0 aliphatic carbocycles. The number of nitrogen functional groups attached to an aromatic ring is 1. The lowest BCUT2D eigenvalue weighted by Crippen LogP contribution is -2.21. The molecule has 17 heavy (non-hydrogen) atoms. The van der Waals surface area contributed by atoms with E-state index in [0.717, 1.165) is 0 Å². The molecule has 0 aliphatic rings. The molecule has 90 valence electrons. The molecule has 1 heterocycles. The van der Waals surface area contributed by atoms with Crippen LogP contribution in [-0.4, -0.2) is 17.3 Å². The number of anilines is 1. The van der Waals surface area contributed by atoms with Crippen LogP contribution < -0.4 is 16.2 Å². The van der Waals surface area contributed by atoms with E-state index in [9.17, 15) is 18.0 Å². The molecular weight excluding hydrogens is 241 g/mol. The summed E-state index contributed by atoms with van der Waals surface area (Å²) in [6.45, 7) is 0. The Morgan fingerprint density at radius 2 is 2.12 bits per heavy atom. The summed E-state index contributed by atoms with van der Waals surface area (Å²) in [6, 6.07) is 2.16. The van der Waals surface area contributed by atoms with Crippen LogP contribution >= 0.6 is 0 Å². The molecule has 0 radical (unpaired) electrons. The zero-order valence-corrected chi connectivity index (χ0v) is 8.08. The minimum atomic E-state index is -5.00. The second kappa shape index (κ2) is 4.17. The monoisotopic (exact) mass is 246 g/mol. The van der Waals surface area contributed by atoms with Gasteiger partial charge in [-0.25, -0.2) is 4.98 Å². The maximum Gasteiger partial charge on any atom is 0.574 e. The number of aromatic nitrogens is 1. The van der Waals surface area contributed by atoms with Crippen LogP contribution in [0.3, 0.4) is 0 Å². The first-order valence-corrected chi connectivity index (χ1v) is 4.00. The largest absolute Gasteiger partial charge is 0.574 e. The van der Waals surface area contributed by atoms with Gasteiger partial charge in [-0.1, -0.05) is 0 Å². The van der Waals surface area contributed by atoms with Crippen molar-refractivity contribution in [3.8, 4) is 11.9 Å². The fourth-order valence-electron chi connectivity index (χ4n) is 0.983. The smallest absolute Gasteiger partial charge is 0.396 e. The van der Waals surface area contributed by atoms with Crippen molar-refractivity contribution < 1.29 is 22.7 Å². The molecule has 1 rings (SSSR count). The number of hydrogen-bond donors (Lipinski definition) is 2. The number of carbonyl (C=O) groups is 1. The van der Waals surface area contributed by atoms with Gasteiger partial charge in [-0.15, -0.1) is 13.2 Å². The number of nitriles is 1. The normalized spacial score (nSPS) is 10.7. The minimum Gasteiger partial charge on any atom is -0.396 e. The van der Waals surface area contributed by atoms with Crippen LogP contribution in [0.1, 0.15) is 16.1 Å². The van der Waals surface area contributed by atoms with Gasteiger partial charge >= 0.3 is 6.36 Å². The van der Waals surface area contributed by atoms with Crippen molar-refractivity contribution in [3.63, 3.8) is 0 Å². The van der Waals surface area contributed by atoms with E-state index in [1.807, 2.05) is 0 Å². The summed E-state index contributed by atoms with van der Waals surface area (Å²) in [5.74, 6) is -2.14. The van der Waals surface area contributed by atoms with Gasteiger partial charge in [0.25, 0.3) is 5.91 Å². The molecular formula is C8H5F3N4O2. The fourth-order valence-corrected chi connectivity index (χ4v) is 0.983. The SMILES string of the molecule is N#Cc1cc(OC(F)(F)F)nc(C(N)=O)c1N. The summed E-state index contributed by atoms with van der Waals surface area (Å²) in [4.78, 5) is 14.0. The van der Waals surface area contributed by atoms with Crippen LogP contribution in [-0.2, 0) is 0 Å². The number of pyridine rings is 1. The Kier molecular flexibility index (Phi) is 3.08. The van der Waals surface area contributed by atoms with Crippen molar-refractivity contribution in [2.75, 3.05) is 5.73 Å². The Labute approximate surface area is 92.6 Å². The second-order valence-electron chi connectivity index (χ2n) is 2.79. The molecule has 0 unspecified atom stereocenters. The number of alkyl halides is 3. The number of halogens is 3. The van der Waals surface area contributed by atoms with Gasteiger partial charge in [-0.2, -0.15) is 5.26 Å². The number of nitrogens with zero attached hydrogens (tertiary/aromatic N) is 2. The van der Waals surface area contributed by atoms with Crippen molar-refractivity contribution in [1.82, 2.24) is 4.98 Å². The summed E-state index contributed by atoms with van der Waals surface area (Å²) >= 11 is 0. The van der Waals surface area contributed by atoms with E-state index < -0.39 is 29.5 Å². The van der Waals surface area contributed by atoms with Crippen molar-refractivity contribution in [2.45, 2.75) is 6.36 Å². The zero-order valence-electron chi connectivity index (χ0n) is 8.08. The van der Waals surface area contributed by atoms with Crippen LogP contribution in [0.2, 0.25) is 0 Å². The van der Waals surface area contributed by atoms with Gasteiger partial charge in [0.15, 0.2) is 5.69 Å². The first kappa shape index (κ1) is 12.6. The standard InChI is InChI=1S/C8H5F3N4O2/c9-8(10,11)17-4-1-3(2-12)5(13)6(15-4)7(14)16/h1H,13H2,(H2,14,16). The average molecular weight is 246 g/mol. The van der Waals surface area contributed by atoms with Crippen molar-refractivity contribution >= 4 is 11.6 Å². The number of nitrogens with two attached hydrogens (primary N) is 2. The number of primary amides is 1. The van der Waals surface area contributed by atoms with E-state index in [0.29, 0.717) is 6.07 Å². The topological polar surface area (TPSA) is 115 Å². The molecule has 0 atom stereocenters. The van der Waals surface area contributed by atoms with Gasteiger partial charge in [0, 0.05) is 6.07 Å². The molecule has 9 heteroatoms. The van der Waals surface area contributed by atoms with Crippen LogP contribution in [0.5, 0.6) is 5.88 Å². The predicted octanol–water partition coefficient (Wildman–Crippen LogP) is 0.533. The average Bonchev–Trinajstić information content (AvgIpc) is 2.17. The third-order valence-corrected chi connectivity index (χ3v) is 1.61. The van der Waals surface area contributed by atoms with E-state index in [1.54, 1.807) is 0 Å². The van der Waals surface area contributed by atoms with E-state index in [-0.39, 0.29) is 5.56 Å². The molecule has 1 aromatic heterocycles. The molecule has 0 spiro atoms. The molecule has 0 bridgehead atoms. The maximum atomic E-state index is 11.9. The lowest BCUT2D eigenvalue weighted by atomic mass is 10.2. The van der Waals surface area contributed by atoms with Gasteiger partial charge < -0.3 is 16.2 Å². The third kappa shape index (κ3) is 2.97. The molecule has 6 nitrogen and oxygen atoms in total. The van der Waals surface area contributed by atoms with Crippen LogP contribution in [0.25, 0.3) is 0 Å². The van der Waals surface area contributed by atoms with Crippen LogP contribution in [0.4, 0.5) is 18.9 Å². The molecule has 1 aromatic rings. The zero-order chi connectivity index (χ0) is 13.2. The Hall–Kier alpha value is -2.50. The van der Waals surface area contributed by atoms with Gasteiger partial charge in [0.2, 0.25) is 5.88 Å². The minimum absolute atomic E-state index is 0.381. The van der Waals surface area contributed by atoms with E-state index >= 15 is 0 Å². The highest BCUT2D eigenvalue weighted by Gasteiger charge is 2.32. The maximum absolute atomic E-state index is 11.9. The van der Waals surface area contributed by atoms with Gasteiger partial charge in [0.05, 0.1) is 11.3 Å². The second-order valence-corrected chi connectivity index (χ2v) is 2.79. The van der Waals surface area contributed by atoms with Crippen LogP contribution in [0.15, 0.2) is 6.07 Å². The molecule has 1 amide bonds. The first-order valence-electron chi connectivity index (χ1n) is 4.00. The molecule has 0 aliphatic heterocycles. The molecule has 0 fully saturated rings. The van der Waals surface area contributed by atoms with Crippen molar-refractivity contribution in [3.05, 3.63) is 17.3 Å². The summed E-state index contributed by atoms with van der Waals surface area (Å²) in [6.07, 6.45) is -5.00. The lowest BCUT2D eigenvalue weighted by molar-refractivity contribution is -0.276. The lowest BCUT2D eigenvalue weighted by Gasteiger charge is -2.10. The first-order chi connectivity index (χ1) is 7.74. The summed E-state index contributed by atoms with van der Waals surface area (Å²) in [5, 5.41) is 8.60. The summed E-state index contributed by atoms with van der Waals surface area (Å²) < 4.78 is 39.2. The highest BCUT2D eigenvalue weighted by molar-refractivity contribution is 5.97. The van der Waals surface area contributed by atoms with Crippen molar-refractivity contribution in [1.29, 1.82) is 5.26 Å². The molecule has 0 aromatic carbocycles. The van der Waals surface area contributed by atoms with Gasteiger partial charge in [0.1, 0.15) is 6.07 Å². The van der Waals surface area contributed by atoms with Crippen LogP contribution in [0, 0.1) is 11.3 Å².